The molecular weight excluding hydrogens is 356 g/mol. The van der Waals surface area contributed by atoms with Gasteiger partial charge in [0, 0.05) is 30.0 Å². The molecule has 1 N–H and O–H groups in total. The predicted molar refractivity (Wildman–Crippen MR) is 84.4 cm³/mol. The van der Waals surface area contributed by atoms with Crippen molar-refractivity contribution < 1.29 is 13.2 Å². The first kappa shape index (κ1) is 16.5. The Hall–Kier alpha value is -0.920. The van der Waals surface area contributed by atoms with Gasteiger partial charge in [0.25, 0.3) is 0 Å². The van der Waals surface area contributed by atoms with Crippen molar-refractivity contribution in [1.82, 2.24) is 9.62 Å². The van der Waals surface area contributed by atoms with Gasteiger partial charge < -0.3 is 5.32 Å². The lowest BCUT2D eigenvalue weighted by Crippen LogP contribution is -2.46. The molecule has 1 aliphatic rings. The van der Waals surface area contributed by atoms with Crippen molar-refractivity contribution in [3.63, 3.8) is 0 Å². The van der Waals surface area contributed by atoms with Crippen molar-refractivity contribution in [2.24, 2.45) is 0 Å². The first-order chi connectivity index (χ1) is 9.93. The molecule has 1 aliphatic heterocycles. The van der Waals surface area contributed by atoms with Crippen LogP contribution in [0.2, 0.25) is 0 Å². The molecule has 0 atom stereocenters. The van der Waals surface area contributed by atoms with Gasteiger partial charge in [-0.25, -0.2) is 8.42 Å². The van der Waals surface area contributed by atoms with Gasteiger partial charge in [-0.15, -0.1) is 0 Å². The van der Waals surface area contributed by atoms with E-state index in [9.17, 15) is 13.2 Å². The Bertz CT molecular complexity index is 593. The molecule has 1 aromatic rings. The Morgan fingerprint density at radius 2 is 1.86 bits per heavy atom. The standard InChI is InChI=1S/C14H19BrN2O3S/c1-2-14(18)16-12-7-9-17(10-8-12)21(19,20)13-5-3-11(15)4-6-13/h3-6,12H,2,7-10H2,1H3,(H,16,18). The first-order valence-corrected chi connectivity index (χ1v) is 9.22. The summed E-state index contributed by atoms with van der Waals surface area (Å²) in [6, 6.07) is 6.73. The van der Waals surface area contributed by atoms with Crippen LogP contribution in [0.5, 0.6) is 0 Å². The molecule has 5 nitrogen and oxygen atoms in total. The second kappa shape index (κ2) is 6.89. The summed E-state index contributed by atoms with van der Waals surface area (Å²) < 4.78 is 27.4. The molecule has 1 heterocycles. The number of halogens is 1. The average molecular weight is 375 g/mol. The molecule has 0 unspecified atom stereocenters. The molecular formula is C14H19BrN2O3S. The topological polar surface area (TPSA) is 66.5 Å². The van der Waals surface area contributed by atoms with Crippen LogP contribution in [0.15, 0.2) is 33.6 Å². The van der Waals surface area contributed by atoms with Gasteiger partial charge in [0.15, 0.2) is 0 Å². The van der Waals surface area contributed by atoms with Crippen LogP contribution in [-0.2, 0) is 14.8 Å². The zero-order valence-corrected chi connectivity index (χ0v) is 14.3. The molecule has 1 fully saturated rings. The number of nitrogens with one attached hydrogen (secondary N) is 1. The molecule has 2 rings (SSSR count). The number of hydrogen-bond acceptors (Lipinski definition) is 3. The molecule has 0 bridgehead atoms. The summed E-state index contributed by atoms with van der Waals surface area (Å²) in [6.07, 6.45) is 1.76. The van der Waals surface area contributed by atoms with Crippen LogP contribution in [0.1, 0.15) is 26.2 Å². The normalized spacial score (nSPS) is 17.6. The Morgan fingerprint density at radius 1 is 1.29 bits per heavy atom. The second-order valence-corrected chi connectivity index (χ2v) is 7.91. The van der Waals surface area contributed by atoms with Gasteiger partial charge in [-0.3, -0.25) is 4.79 Å². The van der Waals surface area contributed by atoms with E-state index in [4.69, 9.17) is 0 Å². The quantitative estimate of drug-likeness (QED) is 0.877. The largest absolute Gasteiger partial charge is 0.353 e. The second-order valence-electron chi connectivity index (χ2n) is 5.05. The fourth-order valence-electron chi connectivity index (χ4n) is 2.33. The highest BCUT2D eigenvalue weighted by Gasteiger charge is 2.29. The SMILES string of the molecule is CCC(=O)NC1CCN(S(=O)(=O)c2ccc(Br)cc2)CC1. The number of sulfonamides is 1. The van der Waals surface area contributed by atoms with Crippen molar-refractivity contribution in [3.05, 3.63) is 28.7 Å². The lowest BCUT2D eigenvalue weighted by atomic mass is 10.1. The summed E-state index contributed by atoms with van der Waals surface area (Å²) in [5, 5.41) is 2.92. The van der Waals surface area contributed by atoms with Gasteiger partial charge in [0.05, 0.1) is 4.90 Å². The fraction of sp³-hybridized carbons (Fsp3) is 0.500. The molecule has 1 saturated heterocycles. The van der Waals surface area contributed by atoms with Crippen molar-refractivity contribution >= 4 is 31.9 Å². The van der Waals surface area contributed by atoms with Crippen molar-refractivity contribution in [2.75, 3.05) is 13.1 Å². The number of nitrogens with zero attached hydrogens (tertiary/aromatic N) is 1. The number of benzene rings is 1. The number of carbonyl (C=O) groups is 1. The number of rotatable bonds is 4. The highest BCUT2D eigenvalue weighted by Crippen LogP contribution is 2.22. The third-order valence-electron chi connectivity index (χ3n) is 3.59. The molecule has 0 aromatic heterocycles. The smallest absolute Gasteiger partial charge is 0.243 e. The minimum atomic E-state index is -3.44. The van der Waals surface area contributed by atoms with Crippen LogP contribution < -0.4 is 5.32 Å². The molecule has 0 saturated carbocycles. The maximum atomic E-state index is 12.5. The molecule has 0 spiro atoms. The summed E-state index contributed by atoms with van der Waals surface area (Å²) in [4.78, 5) is 11.7. The highest BCUT2D eigenvalue weighted by molar-refractivity contribution is 9.10. The Balaban J connectivity index is 2.01. The van der Waals surface area contributed by atoms with Gasteiger partial charge in [0.2, 0.25) is 15.9 Å². The molecule has 7 heteroatoms. The van der Waals surface area contributed by atoms with Crippen LogP contribution in [0.25, 0.3) is 0 Å². The Morgan fingerprint density at radius 3 is 2.38 bits per heavy atom. The lowest BCUT2D eigenvalue weighted by Gasteiger charge is -2.31. The van der Waals surface area contributed by atoms with E-state index in [1.165, 1.54) is 4.31 Å². The van der Waals surface area contributed by atoms with Gasteiger partial charge >= 0.3 is 0 Å². The maximum Gasteiger partial charge on any atom is 0.243 e. The highest BCUT2D eigenvalue weighted by atomic mass is 79.9. The van der Waals surface area contributed by atoms with E-state index in [1.54, 1.807) is 24.3 Å². The number of carbonyl (C=O) groups excluding carboxylic acids is 1. The van der Waals surface area contributed by atoms with E-state index < -0.39 is 10.0 Å². The van der Waals surface area contributed by atoms with Crippen molar-refractivity contribution in [1.29, 1.82) is 0 Å². The molecule has 0 radical (unpaired) electrons. The third-order valence-corrected chi connectivity index (χ3v) is 6.03. The lowest BCUT2D eigenvalue weighted by molar-refractivity contribution is -0.121. The van der Waals surface area contributed by atoms with Gasteiger partial charge in [0.1, 0.15) is 0 Å². The number of hydrogen-bond donors (Lipinski definition) is 1. The number of piperidine rings is 1. The minimum absolute atomic E-state index is 0.0178. The van der Waals surface area contributed by atoms with Crippen LogP contribution in [-0.4, -0.2) is 37.8 Å². The third kappa shape index (κ3) is 4.05. The van der Waals surface area contributed by atoms with E-state index in [-0.39, 0.29) is 11.9 Å². The van der Waals surface area contributed by atoms with Gasteiger partial charge in [-0.2, -0.15) is 4.31 Å². The summed E-state index contributed by atoms with van der Waals surface area (Å²) in [5.74, 6) is 0.0178. The van der Waals surface area contributed by atoms with E-state index in [0.717, 1.165) is 4.47 Å². The van der Waals surface area contributed by atoms with Crippen LogP contribution in [0, 0.1) is 0 Å². The van der Waals surface area contributed by atoms with E-state index >= 15 is 0 Å². The van der Waals surface area contributed by atoms with Gasteiger partial charge in [-0.1, -0.05) is 22.9 Å². The van der Waals surface area contributed by atoms with E-state index in [0.29, 0.717) is 37.2 Å². The Kier molecular flexibility index (Phi) is 5.40. The molecule has 1 amide bonds. The molecule has 1 aromatic carbocycles. The number of amides is 1. The Labute approximate surface area is 133 Å². The summed E-state index contributed by atoms with van der Waals surface area (Å²) >= 11 is 3.30. The maximum absolute atomic E-state index is 12.5. The van der Waals surface area contributed by atoms with E-state index in [1.807, 2.05) is 6.92 Å². The summed E-state index contributed by atoms with van der Waals surface area (Å²) in [7, 11) is -3.44. The van der Waals surface area contributed by atoms with Crippen molar-refractivity contribution in [2.45, 2.75) is 37.1 Å². The van der Waals surface area contributed by atoms with E-state index in [2.05, 4.69) is 21.2 Å². The average Bonchev–Trinajstić information content (AvgIpc) is 2.48. The zero-order valence-electron chi connectivity index (χ0n) is 11.9. The van der Waals surface area contributed by atoms with Crippen molar-refractivity contribution in [3.8, 4) is 0 Å². The monoisotopic (exact) mass is 374 g/mol. The molecule has 116 valence electrons. The fourth-order valence-corrected chi connectivity index (χ4v) is 4.06. The predicted octanol–water partition coefficient (Wildman–Crippen LogP) is 2.13. The summed E-state index contributed by atoms with van der Waals surface area (Å²) in [5.41, 5.74) is 0. The molecule has 21 heavy (non-hydrogen) atoms. The first-order valence-electron chi connectivity index (χ1n) is 6.98. The summed E-state index contributed by atoms with van der Waals surface area (Å²) in [6.45, 7) is 2.68. The van der Waals surface area contributed by atoms with Crippen LogP contribution in [0.3, 0.4) is 0 Å². The minimum Gasteiger partial charge on any atom is -0.353 e. The van der Waals surface area contributed by atoms with Crippen LogP contribution in [0.4, 0.5) is 0 Å². The molecule has 0 aliphatic carbocycles. The van der Waals surface area contributed by atoms with Gasteiger partial charge in [-0.05, 0) is 37.1 Å². The van der Waals surface area contributed by atoms with Crippen LogP contribution >= 0.6 is 15.9 Å². The zero-order chi connectivity index (χ0) is 15.5.